The van der Waals surface area contributed by atoms with E-state index in [1.54, 1.807) is 0 Å². The van der Waals surface area contributed by atoms with E-state index >= 15 is 0 Å². The third kappa shape index (κ3) is 8.72. The van der Waals surface area contributed by atoms with Gasteiger partial charge in [-0.05, 0) is 31.7 Å². The Kier molecular flexibility index (Phi) is 7.62. The normalized spacial score (nSPS) is 18.4. The van der Waals surface area contributed by atoms with Crippen LogP contribution in [0.3, 0.4) is 0 Å². The monoisotopic (exact) mass is 272 g/mol. The topological polar surface area (TPSA) is 27.7 Å². The standard InChI is InChI=1S/C14H28O3Si/c1-18(2,3)13-7-10-15-9-5-4-8-14-16-11-6-12-17-14/h7,10,14H,4-6,8-9,11-13H2,1-3H3. The van der Waals surface area contributed by atoms with E-state index in [0.29, 0.717) is 0 Å². The van der Waals surface area contributed by atoms with Crippen LogP contribution in [0.2, 0.25) is 25.7 Å². The zero-order chi connectivity index (χ0) is 13.3. The van der Waals surface area contributed by atoms with Crippen molar-refractivity contribution in [3.8, 4) is 0 Å². The summed E-state index contributed by atoms with van der Waals surface area (Å²) < 4.78 is 16.5. The van der Waals surface area contributed by atoms with E-state index in [4.69, 9.17) is 14.2 Å². The lowest BCUT2D eigenvalue weighted by molar-refractivity contribution is -0.181. The van der Waals surface area contributed by atoms with Crippen molar-refractivity contribution in [2.45, 2.75) is 57.7 Å². The Morgan fingerprint density at radius 1 is 1.17 bits per heavy atom. The summed E-state index contributed by atoms with van der Waals surface area (Å²) in [5.74, 6) is 0. The summed E-state index contributed by atoms with van der Waals surface area (Å²) in [6.45, 7) is 9.58. The molecule has 1 aliphatic rings. The molecular weight excluding hydrogens is 244 g/mol. The minimum atomic E-state index is -0.955. The Morgan fingerprint density at radius 2 is 1.89 bits per heavy atom. The van der Waals surface area contributed by atoms with E-state index < -0.39 is 8.07 Å². The average molecular weight is 272 g/mol. The van der Waals surface area contributed by atoms with Crippen LogP contribution in [0.25, 0.3) is 0 Å². The molecule has 0 unspecified atom stereocenters. The van der Waals surface area contributed by atoms with Gasteiger partial charge in [0.15, 0.2) is 6.29 Å². The zero-order valence-electron chi connectivity index (χ0n) is 12.1. The lowest BCUT2D eigenvalue weighted by Gasteiger charge is -2.22. The molecule has 1 aliphatic heterocycles. The SMILES string of the molecule is C[Si](C)(C)CC=COCCCCC1OCCCO1. The van der Waals surface area contributed by atoms with E-state index in [9.17, 15) is 0 Å². The molecule has 0 bridgehead atoms. The molecule has 1 fully saturated rings. The van der Waals surface area contributed by atoms with Crippen molar-refractivity contribution in [3.05, 3.63) is 12.3 Å². The van der Waals surface area contributed by atoms with E-state index in [2.05, 4.69) is 25.7 Å². The van der Waals surface area contributed by atoms with Crippen LogP contribution in [-0.2, 0) is 14.2 Å². The molecule has 0 aromatic rings. The van der Waals surface area contributed by atoms with Crippen LogP contribution < -0.4 is 0 Å². The fraction of sp³-hybridized carbons (Fsp3) is 0.857. The fourth-order valence-corrected chi connectivity index (χ4v) is 2.54. The van der Waals surface area contributed by atoms with Crippen LogP contribution >= 0.6 is 0 Å². The molecule has 1 heterocycles. The van der Waals surface area contributed by atoms with E-state index in [1.165, 1.54) is 6.04 Å². The summed E-state index contributed by atoms with van der Waals surface area (Å²) in [7, 11) is -0.955. The first-order valence-corrected chi connectivity index (χ1v) is 10.8. The second kappa shape index (κ2) is 8.72. The lowest BCUT2D eigenvalue weighted by atomic mass is 10.2. The van der Waals surface area contributed by atoms with Crippen molar-refractivity contribution in [2.75, 3.05) is 19.8 Å². The van der Waals surface area contributed by atoms with Crippen LogP contribution in [-0.4, -0.2) is 34.2 Å². The fourth-order valence-electron chi connectivity index (χ4n) is 1.74. The average Bonchev–Trinajstić information content (AvgIpc) is 2.32. The highest BCUT2D eigenvalue weighted by Gasteiger charge is 2.13. The number of hydrogen-bond donors (Lipinski definition) is 0. The summed E-state index contributed by atoms with van der Waals surface area (Å²) >= 11 is 0. The van der Waals surface area contributed by atoms with Gasteiger partial charge in [-0.3, -0.25) is 0 Å². The molecule has 0 N–H and O–H groups in total. The highest BCUT2D eigenvalue weighted by Crippen LogP contribution is 2.12. The van der Waals surface area contributed by atoms with Crippen molar-refractivity contribution in [1.82, 2.24) is 0 Å². The van der Waals surface area contributed by atoms with Crippen LogP contribution in [0, 0.1) is 0 Å². The third-order valence-corrected chi connectivity index (χ3v) is 4.23. The lowest BCUT2D eigenvalue weighted by Crippen LogP contribution is -2.24. The predicted molar refractivity (Wildman–Crippen MR) is 77.4 cm³/mol. The summed E-state index contributed by atoms with van der Waals surface area (Å²) in [5, 5.41) is 0. The maximum absolute atomic E-state index is 5.49. The molecule has 0 aliphatic carbocycles. The van der Waals surface area contributed by atoms with E-state index in [1.807, 2.05) is 6.26 Å². The molecule has 0 atom stereocenters. The molecule has 1 rings (SSSR count). The Labute approximate surface area is 113 Å². The van der Waals surface area contributed by atoms with Crippen molar-refractivity contribution >= 4 is 8.07 Å². The number of rotatable bonds is 8. The maximum Gasteiger partial charge on any atom is 0.157 e. The summed E-state index contributed by atoms with van der Waals surface area (Å²) in [6, 6.07) is 1.19. The van der Waals surface area contributed by atoms with Gasteiger partial charge in [-0.15, -0.1) is 0 Å². The molecule has 0 aromatic heterocycles. The minimum absolute atomic E-state index is 0.0289. The van der Waals surface area contributed by atoms with Gasteiger partial charge in [0.05, 0.1) is 26.1 Å². The largest absolute Gasteiger partial charge is 0.502 e. The van der Waals surface area contributed by atoms with E-state index in [0.717, 1.165) is 45.5 Å². The van der Waals surface area contributed by atoms with Gasteiger partial charge in [0, 0.05) is 8.07 Å². The quantitative estimate of drug-likeness (QED) is 0.382. The molecule has 0 aromatic carbocycles. The molecule has 0 amide bonds. The molecule has 0 spiro atoms. The smallest absolute Gasteiger partial charge is 0.157 e. The van der Waals surface area contributed by atoms with Gasteiger partial charge in [-0.1, -0.05) is 25.7 Å². The summed E-state index contributed by atoms with van der Waals surface area (Å²) in [4.78, 5) is 0. The van der Waals surface area contributed by atoms with Gasteiger partial charge in [-0.25, -0.2) is 0 Å². The summed E-state index contributed by atoms with van der Waals surface area (Å²) in [6.07, 6.45) is 8.25. The predicted octanol–water partition coefficient (Wildman–Crippen LogP) is 3.79. The van der Waals surface area contributed by atoms with Crippen molar-refractivity contribution in [3.63, 3.8) is 0 Å². The molecule has 1 saturated heterocycles. The Bertz CT molecular complexity index is 230. The molecule has 106 valence electrons. The van der Waals surface area contributed by atoms with Gasteiger partial charge >= 0.3 is 0 Å². The van der Waals surface area contributed by atoms with Gasteiger partial charge in [-0.2, -0.15) is 0 Å². The maximum atomic E-state index is 5.49. The van der Waals surface area contributed by atoms with Crippen LogP contribution in [0.4, 0.5) is 0 Å². The minimum Gasteiger partial charge on any atom is -0.502 e. The summed E-state index contributed by atoms with van der Waals surface area (Å²) in [5.41, 5.74) is 0. The van der Waals surface area contributed by atoms with Crippen LogP contribution in [0.1, 0.15) is 25.7 Å². The first-order valence-electron chi connectivity index (χ1n) is 7.08. The number of hydrogen-bond acceptors (Lipinski definition) is 3. The second-order valence-electron chi connectivity index (χ2n) is 6.03. The first-order chi connectivity index (χ1) is 8.58. The molecule has 0 radical (unpaired) electrons. The van der Waals surface area contributed by atoms with Crippen LogP contribution in [0.15, 0.2) is 12.3 Å². The Hall–Kier alpha value is -0.323. The molecular formula is C14H28O3Si. The highest BCUT2D eigenvalue weighted by atomic mass is 28.3. The van der Waals surface area contributed by atoms with Gasteiger partial charge < -0.3 is 14.2 Å². The number of unbranched alkanes of at least 4 members (excludes halogenated alkanes) is 1. The van der Waals surface area contributed by atoms with E-state index in [-0.39, 0.29) is 6.29 Å². The van der Waals surface area contributed by atoms with Crippen molar-refractivity contribution in [1.29, 1.82) is 0 Å². The second-order valence-corrected chi connectivity index (χ2v) is 11.6. The van der Waals surface area contributed by atoms with Gasteiger partial charge in [0.1, 0.15) is 0 Å². The zero-order valence-corrected chi connectivity index (χ0v) is 13.1. The molecule has 3 nitrogen and oxygen atoms in total. The third-order valence-electron chi connectivity index (χ3n) is 2.77. The van der Waals surface area contributed by atoms with Crippen LogP contribution in [0.5, 0.6) is 0 Å². The first kappa shape index (κ1) is 15.7. The molecule has 18 heavy (non-hydrogen) atoms. The molecule has 0 saturated carbocycles. The van der Waals surface area contributed by atoms with Crippen molar-refractivity contribution < 1.29 is 14.2 Å². The Balaban J connectivity index is 1.89. The number of ether oxygens (including phenoxy) is 3. The van der Waals surface area contributed by atoms with Crippen molar-refractivity contribution in [2.24, 2.45) is 0 Å². The van der Waals surface area contributed by atoms with Gasteiger partial charge in [0.25, 0.3) is 0 Å². The van der Waals surface area contributed by atoms with Gasteiger partial charge in [0.2, 0.25) is 0 Å². The highest BCUT2D eigenvalue weighted by molar-refractivity contribution is 6.76. The number of allylic oxidation sites excluding steroid dienone is 1. The Morgan fingerprint density at radius 3 is 2.56 bits per heavy atom. The molecule has 4 heteroatoms.